The highest BCUT2D eigenvalue weighted by Crippen LogP contribution is 2.18. The Labute approximate surface area is 161 Å². The van der Waals surface area contributed by atoms with E-state index >= 15 is 0 Å². The van der Waals surface area contributed by atoms with Gasteiger partial charge in [-0.2, -0.15) is 5.26 Å². The van der Waals surface area contributed by atoms with Crippen molar-refractivity contribution in [1.82, 2.24) is 15.1 Å². The summed E-state index contributed by atoms with van der Waals surface area (Å²) < 4.78 is 0. The molecule has 2 fully saturated rings. The molecule has 0 spiro atoms. The minimum absolute atomic E-state index is 0.0200. The van der Waals surface area contributed by atoms with Crippen molar-refractivity contribution >= 4 is 11.9 Å². The molecule has 1 aromatic rings. The topological polar surface area (TPSA) is 76.4 Å². The number of benzene rings is 1. The Kier molecular flexibility index (Phi) is 6.69. The average Bonchev–Trinajstić information content (AvgIpc) is 2.73. The number of nitrogens with zero attached hydrogens (tertiary/aromatic N) is 3. The molecule has 3 amide bonds. The highest BCUT2D eigenvalue weighted by molar-refractivity contribution is 5.78. The molecule has 2 aliphatic rings. The molecule has 1 aliphatic carbocycles. The summed E-state index contributed by atoms with van der Waals surface area (Å²) in [7, 11) is 0. The van der Waals surface area contributed by atoms with Crippen LogP contribution in [0.3, 0.4) is 0 Å². The number of piperazine rings is 1. The highest BCUT2D eigenvalue weighted by atomic mass is 16.2. The van der Waals surface area contributed by atoms with Crippen LogP contribution in [-0.2, 0) is 11.2 Å². The second kappa shape index (κ2) is 9.40. The molecule has 0 bridgehead atoms. The van der Waals surface area contributed by atoms with Gasteiger partial charge in [-0.3, -0.25) is 4.79 Å². The molecule has 6 heteroatoms. The first kappa shape index (κ1) is 19.2. The van der Waals surface area contributed by atoms with Crippen molar-refractivity contribution in [2.45, 2.75) is 51.0 Å². The number of hydrogen-bond donors (Lipinski definition) is 1. The van der Waals surface area contributed by atoms with Gasteiger partial charge >= 0.3 is 6.03 Å². The number of hydrogen-bond acceptors (Lipinski definition) is 3. The molecule has 1 N–H and O–H groups in total. The van der Waals surface area contributed by atoms with Gasteiger partial charge in [-0.25, -0.2) is 4.79 Å². The molecular weight excluding hydrogens is 340 g/mol. The normalized spacial score (nSPS) is 18.0. The molecule has 1 saturated carbocycles. The van der Waals surface area contributed by atoms with Crippen molar-refractivity contribution in [1.29, 1.82) is 5.26 Å². The van der Waals surface area contributed by atoms with Crippen LogP contribution in [-0.4, -0.2) is 54.0 Å². The third-order valence-corrected chi connectivity index (χ3v) is 5.56. The fraction of sp³-hybridized carbons (Fsp3) is 0.571. The Morgan fingerprint density at radius 2 is 1.63 bits per heavy atom. The standard InChI is InChI=1S/C21H28N4O2/c22-16-18-8-6-17(7-9-18)10-11-20(26)24-12-14-25(15-13-24)21(27)23-19-4-2-1-3-5-19/h6-9,19H,1-5,10-15H2,(H,23,27). The van der Waals surface area contributed by atoms with Gasteiger partial charge in [0.15, 0.2) is 0 Å². The van der Waals surface area contributed by atoms with Crippen molar-refractivity contribution in [3.8, 4) is 6.07 Å². The molecule has 0 aromatic heterocycles. The molecule has 0 unspecified atom stereocenters. The zero-order valence-corrected chi connectivity index (χ0v) is 15.8. The van der Waals surface area contributed by atoms with E-state index in [1.165, 1.54) is 19.3 Å². The van der Waals surface area contributed by atoms with Gasteiger partial charge in [-0.05, 0) is 37.0 Å². The molecular formula is C21H28N4O2. The number of amides is 3. The smallest absolute Gasteiger partial charge is 0.317 e. The number of nitriles is 1. The zero-order chi connectivity index (χ0) is 19.1. The van der Waals surface area contributed by atoms with Gasteiger partial charge < -0.3 is 15.1 Å². The Hall–Kier alpha value is -2.55. The lowest BCUT2D eigenvalue weighted by molar-refractivity contribution is -0.132. The molecule has 27 heavy (non-hydrogen) atoms. The molecule has 1 aromatic carbocycles. The zero-order valence-electron chi connectivity index (χ0n) is 15.8. The van der Waals surface area contributed by atoms with E-state index in [1.54, 1.807) is 12.1 Å². The van der Waals surface area contributed by atoms with Crippen LogP contribution in [0.5, 0.6) is 0 Å². The summed E-state index contributed by atoms with van der Waals surface area (Å²) in [5.41, 5.74) is 1.69. The number of aryl methyl sites for hydroxylation is 1. The number of carbonyl (C=O) groups excluding carboxylic acids is 2. The molecule has 1 heterocycles. The van der Waals surface area contributed by atoms with E-state index in [9.17, 15) is 9.59 Å². The van der Waals surface area contributed by atoms with Crippen molar-refractivity contribution in [3.63, 3.8) is 0 Å². The van der Waals surface area contributed by atoms with Gasteiger partial charge in [0, 0.05) is 38.6 Å². The van der Waals surface area contributed by atoms with Crippen LogP contribution >= 0.6 is 0 Å². The van der Waals surface area contributed by atoms with Crippen molar-refractivity contribution in [3.05, 3.63) is 35.4 Å². The first-order valence-corrected chi connectivity index (χ1v) is 9.98. The lowest BCUT2D eigenvalue weighted by atomic mass is 9.96. The third kappa shape index (κ3) is 5.46. The summed E-state index contributed by atoms with van der Waals surface area (Å²) >= 11 is 0. The fourth-order valence-corrected chi connectivity index (χ4v) is 3.83. The summed E-state index contributed by atoms with van der Waals surface area (Å²) in [6.07, 6.45) is 6.97. The maximum Gasteiger partial charge on any atom is 0.317 e. The quantitative estimate of drug-likeness (QED) is 0.888. The van der Waals surface area contributed by atoms with Gasteiger partial charge in [0.05, 0.1) is 11.6 Å². The summed E-state index contributed by atoms with van der Waals surface area (Å²) in [5.74, 6) is 0.131. The van der Waals surface area contributed by atoms with Gasteiger partial charge in [0.2, 0.25) is 5.91 Å². The molecule has 1 aliphatic heterocycles. The van der Waals surface area contributed by atoms with Crippen LogP contribution in [0.4, 0.5) is 4.79 Å². The Balaban J connectivity index is 1.39. The second-order valence-electron chi connectivity index (χ2n) is 7.46. The summed E-state index contributed by atoms with van der Waals surface area (Å²) in [4.78, 5) is 28.5. The Bertz CT molecular complexity index is 681. The fourth-order valence-electron chi connectivity index (χ4n) is 3.83. The van der Waals surface area contributed by atoms with Gasteiger partial charge in [-0.15, -0.1) is 0 Å². The number of carbonyl (C=O) groups is 2. The van der Waals surface area contributed by atoms with Gasteiger partial charge in [-0.1, -0.05) is 31.4 Å². The van der Waals surface area contributed by atoms with E-state index in [1.807, 2.05) is 21.9 Å². The summed E-state index contributed by atoms with van der Waals surface area (Å²) in [6, 6.07) is 9.80. The average molecular weight is 368 g/mol. The van der Waals surface area contributed by atoms with E-state index in [-0.39, 0.29) is 11.9 Å². The van der Waals surface area contributed by atoms with Crippen LogP contribution in [0.2, 0.25) is 0 Å². The molecule has 0 radical (unpaired) electrons. The third-order valence-electron chi connectivity index (χ3n) is 5.56. The molecule has 0 atom stereocenters. The first-order valence-electron chi connectivity index (χ1n) is 9.98. The predicted molar refractivity (Wildman–Crippen MR) is 103 cm³/mol. The SMILES string of the molecule is N#Cc1ccc(CCC(=O)N2CCN(C(=O)NC3CCCCC3)CC2)cc1. The maximum absolute atomic E-state index is 12.4. The summed E-state index contributed by atoms with van der Waals surface area (Å²) in [5, 5.41) is 12.0. The molecule has 3 rings (SSSR count). The minimum atomic E-state index is 0.0200. The summed E-state index contributed by atoms with van der Waals surface area (Å²) in [6.45, 7) is 2.40. The highest BCUT2D eigenvalue weighted by Gasteiger charge is 2.25. The maximum atomic E-state index is 12.4. The second-order valence-corrected chi connectivity index (χ2v) is 7.46. The van der Waals surface area contributed by atoms with E-state index in [0.29, 0.717) is 50.6 Å². The van der Waals surface area contributed by atoms with Crippen molar-refractivity contribution in [2.75, 3.05) is 26.2 Å². The van der Waals surface area contributed by atoms with Crippen molar-refractivity contribution in [2.24, 2.45) is 0 Å². The Morgan fingerprint density at radius 3 is 2.26 bits per heavy atom. The van der Waals surface area contributed by atoms with Gasteiger partial charge in [0.1, 0.15) is 0 Å². The minimum Gasteiger partial charge on any atom is -0.339 e. The molecule has 1 saturated heterocycles. The molecule has 144 valence electrons. The van der Waals surface area contributed by atoms with E-state index in [0.717, 1.165) is 18.4 Å². The number of rotatable bonds is 4. The lowest BCUT2D eigenvalue weighted by Gasteiger charge is -2.36. The molecule has 6 nitrogen and oxygen atoms in total. The van der Waals surface area contributed by atoms with Crippen molar-refractivity contribution < 1.29 is 9.59 Å². The Morgan fingerprint density at radius 1 is 1.00 bits per heavy atom. The van der Waals surface area contributed by atoms with E-state index in [2.05, 4.69) is 11.4 Å². The van der Waals surface area contributed by atoms with Crippen LogP contribution in [0.1, 0.15) is 49.7 Å². The van der Waals surface area contributed by atoms with Crippen LogP contribution < -0.4 is 5.32 Å². The predicted octanol–water partition coefficient (Wildman–Crippen LogP) is 2.68. The van der Waals surface area contributed by atoms with Crippen LogP contribution in [0.15, 0.2) is 24.3 Å². The van der Waals surface area contributed by atoms with Crippen LogP contribution in [0.25, 0.3) is 0 Å². The van der Waals surface area contributed by atoms with Gasteiger partial charge in [0.25, 0.3) is 0 Å². The lowest BCUT2D eigenvalue weighted by Crippen LogP contribution is -2.54. The van der Waals surface area contributed by atoms with Crippen LogP contribution in [0, 0.1) is 11.3 Å². The largest absolute Gasteiger partial charge is 0.339 e. The first-order chi connectivity index (χ1) is 13.2. The van der Waals surface area contributed by atoms with E-state index in [4.69, 9.17) is 5.26 Å². The monoisotopic (exact) mass is 368 g/mol. The van der Waals surface area contributed by atoms with E-state index < -0.39 is 0 Å². The number of urea groups is 1. The number of nitrogens with one attached hydrogen (secondary N) is 1.